The number of anilines is 1. The molecule has 2 fully saturated rings. The molecule has 0 spiro atoms. The van der Waals surface area contributed by atoms with E-state index in [4.69, 9.17) is 0 Å². The number of rotatable bonds is 4. The zero-order valence-corrected chi connectivity index (χ0v) is 18.6. The van der Waals surface area contributed by atoms with Gasteiger partial charge in [0.15, 0.2) is 0 Å². The van der Waals surface area contributed by atoms with Gasteiger partial charge in [-0.2, -0.15) is 0 Å². The standard InChI is InChI=1S/C22H22BrFN4O3/c1-22(17-4-2-3-5-18(17)23)20(30)28(21(31)25-22)14-19(29)27-12-10-26(11-13-27)16-8-6-15(24)7-9-16/h2-9H,10-14H2,1H3,(H,25,31). The lowest BCUT2D eigenvalue weighted by Crippen LogP contribution is -2.52. The summed E-state index contributed by atoms with van der Waals surface area (Å²) in [5.41, 5.74) is 0.293. The summed E-state index contributed by atoms with van der Waals surface area (Å²) in [4.78, 5) is 43.1. The van der Waals surface area contributed by atoms with Gasteiger partial charge in [-0.05, 0) is 37.3 Å². The summed E-state index contributed by atoms with van der Waals surface area (Å²) in [6.07, 6.45) is 0. The SMILES string of the molecule is CC1(c2ccccc2Br)NC(=O)N(CC(=O)N2CCN(c3ccc(F)cc3)CC2)C1=O. The second kappa shape index (κ2) is 8.30. The summed E-state index contributed by atoms with van der Waals surface area (Å²) in [5, 5.41) is 2.73. The first-order valence-corrected chi connectivity index (χ1v) is 10.8. The summed E-state index contributed by atoms with van der Waals surface area (Å²) in [5.74, 6) is -1.03. The first-order valence-electron chi connectivity index (χ1n) is 9.97. The minimum atomic E-state index is -1.24. The molecule has 4 rings (SSSR count). The van der Waals surface area contributed by atoms with E-state index in [1.807, 2.05) is 6.07 Å². The minimum absolute atomic E-state index is 0.279. The van der Waals surface area contributed by atoms with E-state index >= 15 is 0 Å². The van der Waals surface area contributed by atoms with Crippen molar-refractivity contribution in [1.82, 2.24) is 15.1 Å². The zero-order chi connectivity index (χ0) is 22.2. The predicted octanol–water partition coefficient (Wildman–Crippen LogP) is 2.70. The van der Waals surface area contributed by atoms with Gasteiger partial charge in [0.2, 0.25) is 5.91 Å². The highest BCUT2D eigenvalue weighted by Gasteiger charge is 2.50. The molecule has 2 aliphatic rings. The molecule has 4 amide bonds. The number of carbonyl (C=O) groups is 3. The molecule has 0 aromatic heterocycles. The molecule has 1 atom stereocenters. The molecule has 162 valence electrons. The molecule has 7 nitrogen and oxygen atoms in total. The fraction of sp³-hybridized carbons (Fsp3) is 0.318. The Morgan fingerprint density at radius 2 is 1.71 bits per heavy atom. The van der Waals surface area contributed by atoms with Gasteiger partial charge in [0, 0.05) is 41.9 Å². The van der Waals surface area contributed by atoms with Gasteiger partial charge in [0.05, 0.1) is 0 Å². The lowest BCUT2D eigenvalue weighted by Gasteiger charge is -2.36. The van der Waals surface area contributed by atoms with Gasteiger partial charge in [-0.15, -0.1) is 0 Å². The molecule has 1 unspecified atom stereocenters. The minimum Gasteiger partial charge on any atom is -0.368 e. The molecule has 0 bridgehead atoms. The fourth-order valence-corrected chi connectivity index (χ4v) is 4.67. The van der Waals surface area contributed by atoms with Crippen molar-refractivity contribution in [3.63, 3.8) is 0 Å². The number of nitrogens with zero attached hydrogens (tertiary/aromatic N) is 3. The van der Waals surface area contributed by atoms with Crippen molar-refractivity contribution in [2.45, 2.75) is 12.5 Å². The van der Waals surface area contributed by atoms with Crippen LogP contribution in [-0.4, -0.2) is 60.4 Å². The van der Waals surface area contributed by atoms with Gasteiger partial charge in [0.25, 0.3) is 5.91 Å². The number of hydrogen-bond donors (Lipinski definition) is 1. The van der Waals surface area contributed by atoms with Crippen LogP contribution in [0.4, 0.5) is 14.9 Å². The third-order valence-corrected chi connectivity index (χ3v) is 6.50. The van der Waals surface area contributed by atoms with Crippen molar-refractivity contribution in [2.75, 3.05) is 37.6 Å². The van der Waals surface area contributed by atoms with Crippen LogP contribution in [0.2, 0.25) is 0 Å². The normalized spacial score (nSPS) is 21.5. The van der Waals surface area contributed by atoms with Gasteiger partial charge >= 0.3 is 6.03 Å². The van der Waals surface area contributed by atoms with Crippen molar-refractivity contribution >= 4 is 39.5 Å². The number of halogens is 2. The highest BCUT2D eigenvalue weighted by molar-refractivity contribution is 9.10. The third-order valence-electron chi connectivity index (χ3n) is 5.81. The van der Waals surface area contributed by atoms with E-state index in [9.17, 15) is 18.8 Å². The summed E-state index contributed by atoms with van der Waals surface area (Å²) in [7, 11) is 0. The van der Waals surface area contributed by atoms with Crippen LogP contribution in [0.1, 0.15) is 12.5 Å². The second-order valence-electron chi connectivity index (χ2n) is 7.77. The average molecular weight is 489 g/mol. The number of nitrogens with one attached hydrogen (secondary N) is 1. The van der Waals surface area contributed by atoms with Crippen molar-refractivity contribution in [3.8, 4) is 0 Å². The summed E-state index contributed by atoms with van der Waals surface area (Å²) >= 11 is 3.43. The number of hydrogen-bond acceptors (Lipinski definition) is 4. The van der Waals surface area contributed by atoms with E-state index in [1.54, 1.807) is 42.2 Å². The molecular weight excluding hydrogens is 467 g/mol. The largest absolute Gasteiger partial charge is 0.368 e. The molecule has 0 saturated carbocycles. The van der Waals surface area contributed by atoms with Gasteiger partial charge in [-0.1, -0.05) is 34.1 Å². The molecule has 2 aromatic carbocycles. The molecule has 2 heterocycles. The second-order valence-corrected chi connectivity index (χ2v) is 8.62. The van der Waals surface area contributed by atoms with E-state index < -0.39 is 17.5 Å². The van der Waals surface area contributed by atoms with E-state index in [1.165, 1.54) is 12.1 Å². The number of benzene rings is 2. The number of piperazine rings is 1. The number of urea groups is 1. The summed E-state index contributed by atoms with van der Waals surface area (Å²) in [6.45, 7) is 3.43. The zero-order valence-electron chi connectivity index (χ0n) is 17.0. The van der Waals surface area contributed by atoms with Gasteiger partial charge in [0.1, 0.15) is 17.9 Å². The van der Waals surface area contributed by atoms with E-state index in [0.29, 0.717) is 36.2 Å². The highest BCUT2D eigenvalue weighted by Crippen LogP contribution is 2.33. The molecule has 31 heavy (non-hydrogen) atoms. The Balaban J connectivity index is 1.40. The topological polar surface area (TPSA) is 73.0 Å². The molecule has 0 aliphatic carbocycles. The Labute approximate surface area is 187 Å². The highest BCUT2D eigenvalue weighted by atomic mass is 79.9. The maximum absolute atomic E-state index is 13.1. The van der Waals surface area contributed by atoms with Crippen LogP contribution in [0.3, 0.4) is 0 Å². The molecule has 2 aromatic rings. The molecule has 9 heteroatoms. The number of amides is 4. The van der Waals surface area contributed by atoms with Crippen molar-refractivity contribution in [1.29, 1.82) is 0 Å². The summed E-state index contributed by atoms with van der Waals surface area (Å²) in [6, 6.07) is 12.8. The Bertz CT molecular complexity index is 1020. The first-order chi connectivity index (χ1) is 14.8. The molecule has 0 radical (unpaired) electrons. The Kier molecular flexibility index (Phi) is 5.70. The predicted molar refractivity (Wildman–Crippen MR) is 117 cm³/mol. The molecule has 1 N–H and O–H groups in total. The van der Waals surface area contributed by atoms with Gasteiger partial charge < -0.3 is 15.1 Å². The van der Waals surface area contributed by atoms with Crippen LogP contribution in [0, 0.1) is 5.82 Å². The molecule has 2 aliphatic heterocycles. The van der Waals surface area contributed by atoms with E-state index in [0.717, 1.165) is 10.6 Å². The number of carbonyl (C=O) groups excluding carboxylic acids is 3. The maximum atomic E-state index is 13.1. The quantitative estimate of drug-likeness (QED) is 0.671. The molecular formula is C22H22BrFN4O3. The van der Waals surface area contributed by atoms with Gasteiger partial charge in [-0.3, -0.25) is 14.5 Å². The van der Waals surface area contributed by atoms with Gasteiger partial charge in [-0.25, -0.2) is 9.18 Å². The van der Waals surface area contributed by atoms with E-state index in [2.05, 4.69) is 26.1 Å². The monoisotopic (exact) mass is 488 g/mol. The van der Waals surface area contributed by atoms with Crippen LogP contribution >= 0.6 is 15.9 Å². The average Bonchev–Trinajstić information content (AvgIpc) is 2.98. The van der Waals surface area contributed by atoms with E-state index in [-0.39, 0.29) is 18.3 Å². The Morgan fingerprint density at radius 1 is 1.06 bits per heavy atom. The van der Waals surface area contributed by atoms with Crippen molar-refractivity contribution in [3.05, 3.63) is 64.4 Å². The lowest BCUT2D eigenvalue weighted by molar-refractivity contribution is -0.139. The van der Waals surface area contributed by atoms with Crippen LogP contribution in [0.15, 0.2) is 53.0 Å². The van der Waals surface area contributed by atoms with Crippen molar-refractivity contribution in [2.24, 2.45) is 0 Å². The molecule has 2 saturated heterocycles. The van der Waals surface area contributed by atoms with Crippen LogP contribution in [0.25, 0.3) is 0 Å². The Hall–Kier alpha value is -2.94. The fourth-order valence-electron chi connectivity index (χ4n) is 3.99. The van der Waals surface area contributed by atoms with Crippen molar-refractivity contribution < 1.29 is 18.8 Å². The lowest BCUT2D eigenvalue weighted by atomic mass is 9.92. The smallest absolute Gasteiger partial charge is 0.325 e. The Morgan fingerprint density at radius 3 is 2.35 bits per heavy atom. The maximum Gasteiger partial charge on any atom is 0.325 e. The third kappa shape index (κ3) is 4.01. The summed E-state index contributed by atoms with van der Waals surface area (Å²) < 4.78 is 13.8. The van der Waals surface area contributed by atoms with Crippen LogP contribution in [-0.2, 0) is 15.1 Å². The van der Waals surface area contributed by atoms with Crippen LogP contribution in [0.5, 0.6) is 0 Å². The first kappa shape index (κ1) is 21.3. The van der Waals surface area contributed by atoms with Crippen LogP contribution < -0.4 is 10.2 Å². The number of imide groups is 1.